The van der Waals surface area contributed by atoms with Crippen LogP contribution in [-0.2, 0) is 9.59 Å². The van der Waals surface area contributed by atoms with Crippen LogP contribution in [0.25, 0.3) is 0 Å². The van der Waals surface area contributed by atoms with E-state index < -0.39 is 5.97 Å². The van der Waals surface area contributed by atoms with Crippen molar-refractivity contribution < 1.29 is 14.7 Å². The zero-order chi connectivity index (χ0) is 12.8. The van der Waals surface area contributed by atoms with Crippen LogP contribution in [0.2, 0.25) is 0 Å². The summed E-state index contributed by atoms with van der Waals surface area (Å²) < 4.78 is 0. The van der Waals surface area contributed by atoms with Crippen LogP contribution >= 0.6 is 0 Å². The lowest BCUT2D eigenvalue weighted by molar-refractivity contribution is -0.144. The van der Waals surface area contributed by atoms with E-state index in [1.807, 2.05) is 4.90 Å². The number of carbonyl (C=O) groups is 2. The van der Waals surface area contributed by atoms with Crippen molar-refractivity contribution >= 4 is 11.9 Å². The van der Waals surface area contributed by atoms with Gasteiger partial charge in [0.05, 0.1) is 6.54 Å². The molecule has 6 nitrogen and oxygen atoms in total. The molecule has 0 aliphatic carbocycles. The quantitative estimate of drug-likeness (QED) is 0.669. The molecule has 0 radical (unpaired) electrons. The van der Waals surface area contributed by atoms with Crippen LogP contribution in [0.4, 0.5) is 0 Å². The van der Waals surface area contributed by atoms with Gasteiger partial charge in [-0.05, 0) is 19.8 Å². The van der Waals surface area contributed by atoms with Gasteiger partial charge in [0.25, 0.3) is 0 Å². The number of aliphatic carboxylic acids is 1. The van der Waals surface area contributed by atoms with E-state index in [1.165, 1.54) is 4.90 Å². The number of nitrogens with two attached hydrogens (primary N) is 1. The van der Waals surface area contributed by atoms with Crippen molar-refractivity contribution in [2.24, 2.45) is 5.73 Å². The molecule has 0 atom stereocenters. The number of carboxylic acid groups (broad SMARTS) is 1. The molecule has 0 spiro atoms. The number of hydrogen-bond acceptors (Lipinski definition) is 4. The van der Waals surface area contributed by atoms with E-state index in [9.17, 15) is 9.59 Å². The number of likely N-dealkylation sites (N-methyl/N-ethyl adjacent to an activating group) is 1. The van der Waals surface area contributed by atoms with Gasteiger partial charge in [-0.2, -0.15) is 0 Å². The first-order chi connectivity index (χ1) is 8.02. The van der Waals surface area contributed by atoms with E-state index in [2.05, 4.69) is 0 Å². The number of amides is 1. The molecular formula is C11H21N3O3. The fraction of sp³-hybridized carbons (Fsp3) is 0.818. The average Bonchev–Trinajstić information content (AvgIpc) is 2.28. The Labute approximate surface area is 101 Å². The fourth-order valence-corrected chi connectivity index (χ4v) is 1.94. The van der Waals surface area contributed by atoms with Crippen LogP contribution < -0.4 is 5.73 Å². The zero-order valence-corrected chi connectivity index (χ0v) is 10.3. The minimum Gasteiger partial charge on any atom is -0.480 e. The Morgan fingerprint density at radius 1 is 1.41 bits per heavy atom. The van der Waals surface area contributed by atoms with E-state index in [1.54, 1.807) is 6.92 Å². The van der Waals surface area contributed by atoms with E-state index in [4.69, 9.17) is 10.8 Å². The number of nitrogens with zero attached hydrogens (tertiary/aromatic N) is 2. The summed E-state index contributed by atoms with van der Waals surface area (Å²) in [5, 5.41) is 8.68. The van der Waals surface area contributed by atoms with Gasteiger partial charge in [0.2, 0.25) is 5.91 Å². The van der Waals surface area contributed by atoms with E-state index >= 15 is 0 Å². The predicted octanol–water partition coefficient (Wildman–Crippen LogP) is -0.657. The molecule has 1 saturated heterocycles. The summed E-state index contributed by atoms with van der Waals surface area (Å²) in [6.45, 7) is 3.93. The minimum atomic E-state index is -0.971. The van der Waals surface area contributed by atoms with E-state index in [-0.39, 0.29) is 18.5 Å². The lowest BCUT2D eigenvalue weighted by atomic mass is 10.1. The monoisotopic (exact) mass is 243 g/mol. The predicted molar refractivity (Wildman–Crippen MR) is 63.5 cm³/mol. The normalized spacial score (nSPS) is 18.0. The molecule has 1 fully saturated rings. The van der Waals surface area contributed by atoms with Crippen LogP contribution in [0.1, 0.15) is 19.8 Å². The lowest BCUT2D eigenvalue weighted by Gasteiger charge is -2.31. The van der Waals surface area contributed by atoms with Crippen LogP contribution in [-0.4, -0.2) is 65.5 Å². The molecule has 1 aliphatic heterocycles. The Bertz CT molecular complexity index is 275. The summed E-state index contributed by atoms with van der Waals surface area (Å²) in [4.78, 5) is 25.8. The van der Waals surface area contributed by atoms with Crippen molar-refractivity contribution in [2.45, 2.75) is 25.8 Å². The van der Waals surface area contributed by atoms with Gasteiger partial charge < -0.3 is 15.7 Å². The van der Waals surface area contributed by atoms with Gasteiger partial charge in [-0.3, -0.25) is 14.5 Å². The first-order valence-corrected chi connectivity index (χ1v) is 6.00. The minimum absolute atomic E-state index is 0.120. The molecule has 1 heterocycles. The zero-order valence-electron chi connectivity index (χ0n) is 10.3. The van der Waals surface area contributed by atoms with Crippen molar-refractivity contribution in [2.75, 3.05) is 32.7 Å². The summed E-state index contributed by atoms with van der Waals surface area (Å²) in [7, 11) is 0. The molecule has 17 heavy (non-hydrogen) atoms. The van der Waals surface area contributed by atoms with Crippen LogP contribution in [0.5, 0.6) is 0 Å². The average molecular weight is 243 g/mol. The number of carboxylic acids is 1. The molecule has 0 aromatic heterocycles. The highest BCUT2D eigenvalue weighted by molar-refractivity contribution is 5.82. The highest BCUT2D eigenvalue weighted by Crippen LogP contribution is 2.08. The first-order valence-electron chi connectivity index (χ1n) is 6.00. The molecule has 1 amide bonds. The Balaban J connectivity index is 2.38. The van der Waals surface area contributed by atoms with Crippen LogP contribution in [0.3, 0.4) is 0 Å². The summed E-state index contributed by atoms with van der Waals surface area (Å²) in [5.74, 6) is -1.09. The maximum absolute atomic E-state index is 11.8. The number of likely N-dealkylation sites (tertiary alicyclic amines) is 1. The van der Waals surface area contributed by atoms with Gasteiger partial charge in [-0.1, -0.05) is 0 Å². The summed E-state index contributed by atoms with van der Waals surface area (Å²) in [6.07, 6.45) is 1.80. The molecule has 0 aromatic rings. The smallest absolute Gasteiger partial charge is 0.323 e. The van der Waals surface area contributed by atoms with Gasteiger partial charge in [-0.25, -0.2) is 0 Å². The third-order valence-corrected chi connectivity index (χ3v) is 3.05. The maximum atomic E-state index is 11.8. The second-order valence-corrected chi connectivity index (χ2v) is 4.42. The highest BCUT2D eigenvalue weighted by atomic mass is 16.4. The van der Waals surface area contributed by atoms with Crippen molar-refractivity contribution in [1.29, 1.82) is 0 Å². The first kappa shape index (κ1) is 13.9. The molecule has 0 aromatic carbocycles. The molecular weight excluding hydrogens is 222 g/mol. The largest absolute Gasteiger partial charge is 0.480 e. The van der Waals surface area contributed by atoms with Gasteiger partial charge in [0.15, 0.2) is 0 Å². The topological polar surface area (TPSA) is 86.9 Å². The Hall–Kier alpha value is -1.14. The second kappa shape index (κ2) is 6.56. The molecule has 1 aliphatic rings. The third-order valence-electron chi connectivity index (χ3n) is 3.05. The molecule has 3 N–H and O–H groups in total. The van der Waals surface area contributed by atoms with Gasteiger partial charge in [0, 0.05) is 25.7 Å². The fourth-order valence-electron chi connectivity index (χ4n) is 1.94. The van der Waals surface area contributed by atoms with Crippen molar-refractivity contribution in [3.63, 3.8) is 0 Å². The highest BCUT2D eigenvalue weighted by Gasteiger charge is 2.21. The molecule has 0 bridgehead atoms. The van der Waals surface area contributed by atoms with Crippen molar-refractivity contribution in [1.82, 2.24) is 9.80 Å². The number of carbonyl (C=O) groups excluding carboxylic acids is 1. The van der Waals surface area contributed by atoms with Crippen molar-refractivity contribution in [3.8, 4) is 0 Å². The van der Waals surface area contributed by atoms with Gasteiger partial charge in [0.1, 0.15) is 6.54 Å². The van der Waals surface area contributed by atoms with Crippen LogP contribution in [0, 0.1) is 0 Å². The van der Waals surface area contributed by atoms with E-state index in [0.29, 0.717) is 13.1 Å². The van der Waals surface area contributed by atoms with Crippen molar-refractivity contribution in [3.05, 3.63) is 0 Å². The summed E-state index contributed by atoms with van der Waals surface area (Å²) in [5.41, 5.74) is 5.78. The Morgan fingerprint density at radius 3 is 2.47 bits per heavy atom. The number of hydrogen-bond donors (Lipinski definition) is 2. The Kier molecular flexibility index (Phi) is 5.37. The maximum Gasteiger partial charge on any atom is 0.323 e. The molecule has 0 saturated carbocycles. The number of piperidine rings is 1. The lowest BCUT2D eigenvalue weighted by Crippen LogP contribution is -2.46. The third kappa shape index (κ3) is 4.70. The molecule has 1 rings (SSSR count). The number of rotatable bonds is 5. The van der Waals surface area contributed by atoms with Gasteiger partial charge in [-0.15, -0.1) is 0 Å². The van der Waals surface area contributed by atoms with Crippen LogP contribution in [0.15, 0.2) is 0 Å². The van der Waals surface area contributed by atoms with E-state index in [0.717, 1.165) is 25.9 Å². The SMILES string of the molecule is CCN(CC(=O)O)C(=O)CN1CCC(N)CC1. The Morgan fingerprint density at radius 2 is 2.00 bits per heavy atom. The standard InChI is InChI=1S/C11H21N3O3/c1-2-14(8-11(16)17)10(15)7-13-5-3-9(12)4-6-13/h9H,2-8,12H2,1H3,(H,16,17). The second-order valence-electron chi connectivity index (χ2n) is 4.42. The van der Waals surface area contributed by atoms with Gasteiger partial charge >= 0.3 is 5.97 Å². The summed E-state index contributed by atoms with van der Waals surface area (Å²) in [6, 6.07) is 0.239. The summed E-state index contributed by atoms with van der Waals surface area (Å²) >= 11 is 0. The molecule has 6 heteroatoms. The molecule has 98 valence electrons. The molecule has 0 unspecified atom stereocenters.